The fraction of sp³-hybridized carbons (Fsp3) is 0.684. The van der Waals surface area contributed by atoms with Crippen molar-refractivity contribution < 1.29 is 0 Å². The minimum Gasteiger partial charge on any atom is -0.310 e. The average molecular weight is 271 g/mol. The highest BCUT2D eigenvalue weighted by molar-refractivity contribution is 5.37. The first kappa shape index (κ1) is 14.1. The second-order valence-corrected chi connectivity index (χ2v) is 6.89. The molecule has 0 amide bonds. The third-order valence-corrected chi connectivity index (χ3v) is 5.45. The van der Waals surface area contributed by atoms with Crippen molar-refractivity contribution in [3.8, 4) is 0 Å². The first-order valence-corrected chi connectivity index (χ1v) is 8.64. The van der Waals surface area contributed by atoms with Crippen molar-refractivity contribution in [3.05, 3.63) is 34.9 Å². The molecule has 2 aliphatic carbocycles. The minimum absolute atomic E-state index is 0.582. The summed E-state index contributed by atoms with van der Waals surface area (Å²) in [6, 6.07) is 7.90. The lowest BCUT2D eigenvalue weighted by atomic mass is 9.85. The van der Waals surface area contributed by atoms with E-state index >= 15 is 0 Å². The summed E-state index contributed by atoms with van der Waals surface area (Å²) in [6.07, 6.45) is 9.40. The molecule has 1 saturated carbocycles. The van der Waals surface area contributed by atoms with Crippen LogP contribution < -0.4 is 5.32 Å². The third-order valence-electron chi connectivity index (χ3n) is 5.45. The minimum atomic E-state index is 0.582. The Balaban J connectivity index is 1.84. The number of aryl methyl sites for hydroxylation is 2. The largest absolute Gasteiger partial charge is 0.310 e. The number of nitrogens with one attached hydrogen (secondary N) is 1. The van der Waals surface area contributed by atoms with E-state index in [0.29, 0.717) is 6.04 Å². The van der Waals surface area contributed by atoms with Crippen molar-refractivity contribution >= 4 is 0 Å². The molecule has 1 fully saturated rings. The Kier molecular flexibility index (Phi) is 4.45. The molecule has 0 bridgehead atoms. The van der Waals surface area contributed by atoms with Crippen LogP contribution in [0.2, 0.25) is 0 Å². The lowest BCUT2D eigenvalue weighted by molar-refractivity contribution is 0.302. The van der Waals surface area contributed by atoms with Gasteiger partial charge in [0.15, 0.2) is 0 Å². The van der Waals surface area contributed by atoms with Gasteiger partial charge in [-0.15, -0.1) is 0 Å². The van der Waals surface area contributed by atoms with Crippen LogP contribution in [0.3, 0.4) is 0 Å². The molecule has 3 unspecified atom stereocenters. The van der Waals surface area contributed by atoms with E-state index in [-0.39, 0.29) is 0 Å². The van der Waals surface area contributed by atoms with Gasteiger partial charge in [-0.2, -0.15) is 0 Å². The van der Waals surface area contributed by atoms with Gasteiger partial charge in [0.2, 0.25) is 0 Å². The molecule has 0 radical (unpaired) electrons. The summed E-state index contributed by atoms with van der Waals surface area (Å²) >= 11 is 0. The molecule has 2 aliphatic rings. The van der Waals surface area contributed by atoms with Gasteiger partial charge in [0.25, 0.3) is 0 Å². The van der Waals surface area contributed by atoms with E-state index in [1.807, 2.05) is 0 Å². The van der Waals surface area contributed by atoms with Crippen LogP contribution in [0.4, 0.5) is 0 Å². The molecule has 110 valence electrons. The molecule has 0 heterocycles. The number of rotatable bonds is 5. The molecule has 1 aromatic rings. The molecule has 0 spiro atoms. The summed E-state index contributed by atoms with van der Waals surface area (Å²) in [6.45, 7) is 5.86. The quantitative estimate of drug-likeness (QED) is 0.822. The fourth-order valence-electron chi connectivity index (χ4n) is 4.27. The van der Waals surface area contributed by atoms with Gasteiger partial charge < -0.3 is 5.32 Å². The van der Waals surface area contributed by atoms with Crippen molar-refractivity contribution in [3.63, 3.8) is 0 Å². The molecule has 0 aromatic heterocycles. The van der Waals surface area contributed by atoms with E-state index in [1.165, 1.54) is 44.9 Å². The Bertz CT molecular complexity index is 451. The second kappa shape index (κ2) is 6.30. The molecule has 3 rings (SSSR count). The third kappa shape index (κ3) is 2.79. The fourth-order valence-corrected chi connectivity index (χ4v) is 4.27. The number of hydrogen-bond acceptors (Lipinski definition) is 1. The van der Waals surface area contributed by atoms with Crippen molar-refractivity contribution in [1.82, 2.24) is 5.32 Å². The van der Waals surface area contributed by atoms with E-state index in [9.17, 15) is 0 Å². The summed E-state index contributed by atoms with van der Waals surface area (Å²) in [7, 11) is 0. The maximum atomic E-state index is 3.85. The standard InChI is InChI=1S/C19H29N/c1-3-12-20-19(18-9-4-6-14(18)2)17-11-10-15-7-5-8-16(15)13-17/h10-11,13-14,18-20H,3-9,12H2,1-2H3. The van der Waals surface area contributed by atoms with Crippen LogP contribution >= 0.6 is 0 Å². The van der Waals surface area contributed by atoms with Gasteiger partial charge in [-0.05, 0) is 67.2 Å². The molecule has 0 saturated heterocycles. The van der Waals surface area contributed by atoms with Crippen LogP contribution in [0.15, 0.2) is 18.2 Å². The predicted octanol–water partition coefficient (Wildman–Crippen LogP) is 4.65. The van der Waals surface area contributed by atoms with Crippen molar-refractivity contribution in [1.29, 1.82) is 0 Å². The highest BCUT2D eigenvalue weighted by Gasteiger charge is 2.31. The predicted molar refractivity (Wildman–Crippen MR) is 86.0 cm³/mol. The monoisotopic (exact) mass is 271 g/mol. The van der Waals surface area contributed by atoms with Crippen LogP contribution in [0.5, 0.6) is 0 Å². The molecule has 1 aromatic carbocycles. The Labute approximate surface area is 124 Å². The Morgan fingerprint density at radius 3 is 2.75 bits per heavy atom. The van der Waals surface area contributed by atoms with Crippen molar-refractivity contribution in [2.75, 3.05) is 6.54 Å². The SMILES string of the molecule is CCCNC(c1ccc2c(c1)CCC2)C1CCCC1C. The molecule has 1 heteroatoms. The number of fused-ring (bicyclic) bond motifs is 1. The number of hydrogen-bond donors (Lipinski definition) is 1. The van der Waals surface area contributed by atoms with Crippen LogP contribution in [-0.4, -0.2) is 6.54 Å². The highest BCUT2D eigenvalue weighted by Crippen LogP contribution is 2.40. The lowest BCUT2D eigenvalue weighted by Gasteiger charge is -2.29. The van der Waals surface area contributed by atoms with Crippen molar-refractivity contribution in [2.45, 2.75) is 64.8 Å². The molecular weight excluding hydrogens is 242 g/mol. The molecule has 20 heavy (non-hydrogen) atoms. The summed E-state index contributed by atoms with van der Waals surface area (Å²) in [5.41, 5.74) is 4.77. The van der Waals surface area contributed by atoms with E-state index in [0.717, 1.165) is 18.4 Å². The topological polar surface area (TPSA) is 12.0 Å². The Hall–Kier alpha value is -0.820. The zero-order chi connectivity index (χ0) is 13.9. The first-order valence-electron chi connectivity index (χ1n) is 8.64. The molecule has 3 atom stereocenters. The van der Waals surface area contributed by atoms with E-state index in [2.05, 4.69) is 37.4 Å². The molecule has 1 N–H and O–H groups in total. The van der Waals surface area contributed by atoms with Gasteiger partial charge in [0, 0.05) is 6.04 Å². The van der Waals surface area contributed by atoms with Crippen LogP contribution in [0.1, 0.15) is 68.7 Å². The van der Waals surface area contributed by atoms with Gasteiger partial charge in [-0.3, -0.25) is 0 Å². The Morgan fingerprint density at radius 2 is 2.00 bits per heavy atom. The normalized spacial score (nSPS) is 26.7. The Morgan fingerprint density at radius 1 is 1.15 bits per heavy atom. The van der Waals surface area contributed by atoms with Gasteiger partial charge in [-0.1, -0.05) is 44.9 Å². The van der Waals surface area contributed by atoms with E-state index < -0.39 is 0 Å². The maximum Gasteiger partial charge on any atom is 0.0351 e. The summed E-state index contributed by atoms with van der Waals surface area (Å²) in [4.78, 5) is 0. The van der Waals surface area contributed by atoms with E-state index in [1.54, 1.807) is 16.7 Å². The smallest absolute Gasteiger partial charge is 0.0351 e. The highest BCUT2D eigenvalue weighted by atomic mass is 14.9. The van der Waals surface area contributed by atoms with Gasteiger partial charge in [0.05, 0.1) is 0 Å². The van der Waals surface area contributed by atoms with Crippen LogP contribution in [0.25, 0.3) is 0 Å². The summed E-state index contributed by atoms with van der Waals surface area (Å²) in [5, 5.41) is 3.85. The van der Waals surface area contributed by atoms with Gasteiger partial charge in [-0.25, -0.2) is 0 Å². The van der Waals surface area contributed by atoms with Crippen LogP contribution in [0, 0.1) is 11.8 Å². The van der Waals surface area contributed by atoms with Crippen LogP contribution in [-0.2, 0) is 12.8 Å². The van der Waals surface area contributed by atoms with Crippen molar-refractivity contribution in [2.24, 2.45) is 11.8 Å². The summed E-state index contributed by atoms with van der Waals surface area (Å²) < 4.78 is 0. The first-order chi connectivity index (χ1) is 9.79. The average Bonchev–Trinajstić information content (AvgIpc) is 3.08. The second-order valence-electron chi connectivity index (χ2n) is 6.89. The molecule has 1 nitrogen and oxygen atoms in total. The van der Waals surface area contributed by atoms with Gasteiger partial charge >= 0.3 is 0 Å². The molecular formula is C19H29N. The number of benzene rings is 1. The zero-order valence-corrected chi connectivity index (χ0v) is 13.1. The summed E-state index contributed by atoms with van der Waals surface area (Å²) in [5.74, 6) is 1.71. The zero-order valence-electron chi connectivity index (χ0n) is 13.1. The lowest BCUT2D eigenvalue weighted by Crippen LogP contribution is -2.30. The van der Waals surface area contributed by atoms with Gasteiger partial charge in [0.1, 0.15) is 0 Å². The molecule has 0 aliphatic heterocycles. The maximum absolute atomic E-state index is 3.85. The van der Waals surface area contributed by atoms with E-state index in [4.69, 9.17) is 0 Å².